The van der Waals surface area contributed by atoms with Crippen LogP contribution in [0.15, 0.2) is 42.6 Å². The first-order valence-electron chi connectivity index (χ1n) is 11.7. The van der Waals surface area contributed by atoms with E-state index >= 15 is 0 Å². The monoisotopic (exact) mass is 536 g/mol. The predicted octanol–water partition coefficient (Wildman–Crippen LogP) is 5.95. The molecule has 1 aromatic carbocycles. The van der Waals surface area contributed by atoms with Crippen molar-refractivity contribution >= 4 is 32.5 Å². The highest BCUT2D eigenvalue weighted by Gasteiger charge is 2.32. The summed E-state index contributed by atoms with van der Waals surface area (Å²) in [5.41, 5.74) is 3.03. The number of methoxy groups -OCH3 is 1. The predicted molar refractivity (Wildman–Crippen MR) is 159 cm³/mol. The third-order valence-electron chi connectivity index (χ3n) is 5.63. The van der Waals surface area contributed by atoms with E-state index in [0.29, 0.717) is 6.54 Å². The second-order valence-electron chi connectivity index (χ2n) is 8.06. The van der Waals surface area contributed by atoms with Gasteiger partial charge in [0.15, 0.2) is 0 Å². The number of anilines is 1. The zero-order chi connectivity index (χ0) is 24.5. The van der Waals surface area contributed by atoms with Crippen LogP contribution >= 0.6 is 21.4 Å². The summed E-state index contributed by atoms with van der Waals surface area (Å²) in [6, 6.07) is 11.7. The molecule has 1 fully saturated rings. The number of benzene rings is 1. The highest BCUT2D eigenvalue weighted by molar-refractivity contribution is 7.10. The molecule has 1 saturated heterocycles. The molecule has 2 N–H and O–H groups in total. The molecule has 0 bridgehead atoms. The summed E-state index contributed by atoms with van der Waals surface area (Å²) in [7, 11) is 1.66. The normalized spacial score (nSPS) is 16.9. The number of piperidine rings is 1. The Bertz CT molecular complexity index is 1070. The van der Waals surface area contributed by atoms with Gasteiger partial charge in [-0.15, -0.1) is 0 Å². The van der Waals surface area contributed by atoms with Crippen molar-refractivity contribution in [3.05, 3.63) is 65.4 Å². The van der Waals surface area contributed by atoms with Crippen molar-refractivity contribution in [3.63, 3.8) is 0 Å². The van der Waals surface area contributed by atoms with Gasteiger partial charge in [-0.1, -0.05) is 33.4 Å². The first-order valence-corrected chi connectivity index (χ1v) is 12.4. The number of hydrogen-bond donors (Lipinski definition) is 2. The molecule has 0 radical (unpaired) electrons. The highest BCUT2D eigenvalue weighted by Crippen LogP contribution is 2.29. The smallest absolute Gasteiger partial charge is 0.320 e. The topological polar surface area (TPSA) is 92.3 Å². The van der Waals surface area contributed by atoms with Crippen LogP contribution in [0.4, 0.5) is 9.80 Å². The van der Waals surface area contributed by atoms with Gasteiger partial charge in [0, 0.05) is 39.8 Å². The molecule has 36 heavy (non-hydrogen) atoms. The minimum absolute atomic E-state index is 0. The second kappa shape index (κ2) is 15.5. The van der Waals surface area contributed by atoms with Crippen molar-refractivity contribution < 1.29 is 12.4 Å². The minimum Gasteiger partial charge on any atom is -0.497 e. The van der Waals surface area contributed by atoms with Gasteiger partial charge in [0.1, 0.15) is 16.6 Å². The van der Waals surface area contributed by atoms with Crippen LogP contribution in [0.1, 0.15) is 59.2 Å². The summed E-state index contributed by atoms with van der Waals surface area (Å²) in [6.07, 6.45) is 2.63. The maximum absolute atomic E-state index is 12.7. The lowest BCUT2D eigenvalue weighted by Crippen LogP contribution is -2.50. The molecule has 4 rings (SSSR count). The van der Waals surface area contributed by atoms with E-state index in [4.69, 9.17) is 4.74 Å². The third-order valence-corrected chi connectivity index (χ3v) is 6.43. The number of likely N-dealkylation sites (tertiary alicyclic amines) is 1. The number of carbonyl (C=O) groups excluding carboxylic acids is 1. The Balaban J connectivity index is 0. The summed E-state index contributed by atoms with van der Waals surface area (Å²) in [5.74, 6) is 1.77. The number of nitrogens with zero attached hydrogens (tertiary/aromatic N) is 4. The van der Waals surface area contributed by atoms with Gasteiger partial charge in [-0.25, -0.2) is 14.8 Å². The molecule has 202 valence electrons. The lowest BCUT2D eigenvalue weighted by atomic mass is 9.86. The van der Waals surface area contributed by atoms with E-state index < -0.39 is 0 Å². The molecule has 2 amide bonds. The Labute approximate surface area is 226 Å². The average Bonchev–Trinajstić information content (AvgIpc) is 3.25. The molecule has 2 unspecified atom stereocenters. The minimum atomic E-state index is -0.201. The van der Waals surface area contributed by atoms with Gasteiger partial charge in [-0.2, -0.15) is 14.3 Å². The van der Waals surface area contributed by atoms with E-state index in [-0.39, 0.29) is 38.2 Å². The van der Waals surface area contributed by atoms with Gasteiger partial charge in [0.25, 0.3) is 0 Å². The van der Waals surface area contributed by atoms with Crippen LogP contribution in [0.2, 0.25) is 0 Å². The zero-order valence-electron chi connectivity index (χ0n) is 21.2. The van der Waals surface area contributed by atoms with Crippen molar-refractivity contribution in [1.29, 1.82) is 0 Å². The molecule has 0 aliphatic carbocycles. The van der Waals surface area contributed by atoms with Crippen LogP contribution in [0.3, 0.4) is 0 Å². The Morgan fingerprint density at radius 1 is 1.19 bits per heavy atom. The number of ether oxygens (including phenoxy) is 1. The molecule has 0 spiro atoms. The van der Waals surface area contributed by atoms with Gasteiger partial charge in [0.2, 0.25) is 0 Å². The number of nitrogens with one attached hydrogen (secondary N) is 2. The van der Waals surface area contributed by atoms with E-state index in [0.717, 1.165) is 47.5 Å². The Morgan fingerprint density at radius 2 is 1.92 bits per heavy atom. The lowest BCUT2D eigenvalue weighted by Gasteiger charge is -2.39. The van der Waals surface area contributed by atoms with E-state index in [9.17, 15) is 4.79 Å². The van der Waals surface area contributed by atoms with Crippen LogP contribution in [-0.2, 0) is 6.54 Å². The Morgan fingerprint density at radius 3 is 2.53 bits per heavy atom. The van der Waals surface area contributed by atoms with Crippen LogP contribution in [0.25, 0.3) is 0 Å². The number of rotatable bonds is 6. The van der Waals surface area contributed by atoms with E-state index in [1.54, 1.807) is 13.3 Å². The maximum Gasteiger partial charge on any atom is 0.320 e. The van der Waals surface area contributed by atoms with E-state index in [1.165, 1.54) is 17.1 Å². The SMILES string of the molecule is C.CC.COc1ccc(C2CN(Cc3nccc(C)n3)CC[C@H]2NC(=O)Nc2cc(C)ns2)cc1.P.[HH].[HH]. The zero-order valence-corrected chi connectivity index (χ0v) is 23.5. The average molecular weight is 537 g/mol. The molecule has 1 aliphatic heterocycles. The van der Waals surface area contributed by atoms with Crippen molar-refractivity contribution in [1.82, 2.24) is 24.6 Å². The molecule has 3 heterocycles. The summed E-state index contributed by atoms with van der Waals surface area (Å²) in [4.78, 5) is 24.0. The number of amides is 2. The van der Waals surface area contributed by atoms with Crippen LogP contribution in [-0.4, -0.2) is 51.5 Å². The molecule has 3 atom stereocenters. The van der Waals surface area contributed by atoms with E-state index in [2.05, 4.69) is 42.0 Å². The fourth-order valence-corrected chi connectivity index (χ4v) is 4.70. The fraction of sp³-hybridized carbons (Fsp3) is 0.462. The summed E-state index contributed by atoms with van der Waals surface area (Å²) in [5, 5.41) is 6.84. The molecular weight excluding hydrogens is 491 g/mol. The van der Waals surface area contributed by atoms with E-state index in [1.807, 2.05) is 52.0 Å². The van der Waals surface area contributed by atoms with Gasteiger partial charge in [0.05, 0.1) is 19.3 Å². The van der Waals surface area contributed by atoms with Gasteiger partial charge in [-0.3, -0.25) is 10.2 Å². The van der Waals surface area contributed by atoms with Crippen molar-refractivity contribution in [3.8, 4) is 5.75 Å². The van der Waals surface area contributed by atoms with Crippen LogP contribution in [0, 0.1) is 13.8 Å². The van der Waals surface area contributed by atoms with Crippen LogP contribution in [0.5, 0.6) is 5.75 Å². The quantitative estimate of drug-likeness (QED) is 0.378. The van der Waals surface area contributed by atoms with Gasteiger partial charge >= 0.3 is 6.03 Å². The van der Waals surface area contributed by atoms with Crippen molar-refractivity contribution in [2.24, 2.45) is 0 Å². The molecule has 1 aliphatic rings. The first kappa shape index (κ1) is 31.4. The fourth-order valence-electron chi connectivity index (χ4n) is 4.04. The van der Waals surface area contributed by atoms with Crippen LogP contribution < -0.4 is 15.4 Å². The number of aryl methyl sites for hydroxylation is 2. The Hall–Kier alpha value is -2.61. The molecule has 2 aromatic heterocycles. The number of urea groups is 1. The maximum atomic E-state index is 12.7. The van der Waals surface area contributed by atoms with Crippen molar-refractivity contribution in [2.75, 3.05) is 25.5 Å². The number of aromatic nitrogens is 3. The third kappa shape index (κ3) is 8.80. The highest BCUT2D eigenvalue weighted by atomic mass is 32.1. The molecule has 0 saturated carbocycles. The largest absolute Gasteiger partial charge is 0.497 e. The van der Waals surface area contributed by atoms with Crippen molar-refractivity contribution in [2.45, 2.75) is 60.0 Å². The van der Waals surface area contributed by atoms with Gasteiger partial charge in [-0.05, 0) is 61.6 Å². The Kier molecular flexibility index (Phi) is 13.5. The summed E-state index contributed by atoms with van der Waals surface area (Å²) in [6.45, 7) is 10.2. The second-order valence-corrected chi connectivity index (χ2v) is 8.86. The van der Waals surface area contributed by atoms with Gasteiger partial charge < -0.3 is 10.1 Å². The number of hydrogen-bond acceptors (Lipinski definition) is 7. The summed E-state index contributed by atoms with van der Waals surface area (Å²) < 4.78 is 9.54. The molecule has 10 heteroatoms. The lowest BCUT2D eigenvalue weighted by molar-refractivity contribution is 0.165. The summed E-state index contributed by atoms with van der Waals surface area (Å²) >= 11 is 1.29. The first-order chi connectivity index (χ1) is 16.5. The molecule has 3 aromatic rings. The molecular formula is C26H45N6O2PS. The standard InChI is InChI=1S/C23H28N6O2S.C2H6.CH4.H3P.2H2/c1-15-8-10-24-21(25-15)14-29-11-9-20(26-23(30)27-22-12-16(2)28-32-22)19(13-29)17-4-6-18(31-3)7-5-17;1-2;;;;/h4-8,10,12,19-20H,9,11,13-14H2,1-3H3,(H2,26,27,30);1-2H3;1H4;1H3;2*1H/t19?,20-;;;;;/m1...../s1. The molecule has 8 nitrogen and oxygen atoms in total. The number of carbonyl (C=O) groups is 1.